The Morgan fingerprint density at radius 3 is 2.28 bits per heavy atom. The molecular weight excluding hydrogens is 792 g/mol. The molecule has 1 unspecified atom stereocenters. The Hall–Kier alpha value is -2.51. The van der Waals surface area contributed by atoms with Gasteiger partial charge in [-0.2, -0.15) is 0 Å². The molecule has 8 rings (SSSR count). The van der Waals surface area contributed by atoms with Crippen LogP contribution in [0.3, 0.4) is 0 Å². The summed E-state index contributed by atoms with van der Waals surface area (Å²) in [5.41, 5.74) is 2.15. The van der Waals surface area contributed by atoms with Gasteiger partial charge in [0.2, 0.25) is 0 Å². The van der Waals surface area contributed by atoms with E-state index in [1.54, 1.807) is 0 Å². The second-order valence-corrected chi connectivity index (χ2v) is 19.6. The number of phenols is 1. The molecular formula is C46H66O15. The summed E-state index contributed by atoms with van der Waals surface area (Å²) < 4.78 is 36.5. The van der Waals surface area contributed by atoms with E-state index in [4.69, 9.17) is 28.4 Å². The van der Waals surface area contributed by atoms with E-state index in [0.29, 0.717) is 24.7 Å². The van der Waals surface area contributed by atoms with Gasteiger partial charge in [-0.15, -0.1) is 0 Å². The van der Waals surface area contributed by atoms with Crippen molar-refractivity contribution in [1.82, 2.24) is 0 Å². The zero-order valence-electron chi connectivity index (χ0n) is 35.7. The van der Waals surface area contributed by atoms with Gasteiger partial charge in [-0.3, -0.25) is 0 Å². The molecule has 1 aromatic carbocycles. The molecule has 15 nitrogen and oxygen atoms in total. The van der Waals surface area contributed by atoms with Gasteiger partial charge in [0.25, 0.3) is 0 Å². The second kappa shape index (κ2) is 17.5. The largest absolute Gasteiger partial charge is 0.508 e. The van der Waals surface area contributed by atoms with Crippen molar-refractivity contribution >= 4 is 5.97 Å². The predicted molar refractivity (Wildman–Crippen MR) is 216 cm³/mol. The highest BCUT2D eigenvalue weighted by Crippen LogP contribution is 2.69. The lowest BCUT2D eigenvalue weighted by molar-refractivity contribution is -0.369. The molecule has 0 radical (unpaired) electrons. The monoisotopic (exact) mass is 858 g/mol. The maximum absolute atomic E-state index is 12.8. The van der Waals surface area contributed by atoms with E-state index in [1.165, 1.54) is 36.8 Å². The van der Waals surface area contributed by atoms with Gasteiger partial charge < -0.3 is 69.3 Å². The molecule has 3 aliphatic heterocycles. The minimum absolute atomic E-state index is 0.0436. The maximum Gasteiger partial charge on any atom is 0.338 e. The molecule has 0 spiro atoms. The van der Waals surface area contributed by atoms with Gasteiger partial charge in [0.15, 0.2) is 25.0 Å². The van der Waals surface area contributed by atoms with Crippen molar-refractivity contribution in [3.63, 3.8) is 0 Å². The molecule has 8 N–H and O–H groups in total. The Bertz CT molecular complexity index is 1780. The third-order valence-electron chi connectivity index (χ3n) is 16.1. The number of carbonyl (C=O) groups is 1. The number of benzene rings is 1. The molecule has 3 heterocycles. The van der Waals surface area contributed by atoms with Gasteiger partial charge in [0, 0.05) is 17.9 Å². The molecule has 340 valence electrons. The van der Waals surface area contributed by atoms with Crippen LogP contribution in [0.25, 0.3) is 0 Å². The van der Waals surface area contributed by atoms with Crippen LogP contribution >= 0.6 is 0 Å². The van der Waals surface area contributed by atoms with Crippen LogP contribution in [0.4, 0.5) is 0 Å². The average molecular weight is 859 g/mol. The molecule has 0 amide bonds. The Morgan fingerprint density at radius 1 is 0.869 bits per heavy atom. The van der Waals surface area contributed by atoms with E-state index in [-0.39, 0.29) is 64.6 Å². The third-order valence-corrected chi connectivity index (χ3v) is 16.1. The number of fused-ring (bicyclic) bond motifs is 7. The normalized spacial score (nSPS) is 48.1. The van der Waals surface area contributed by atoms with Crippen molar-refractivity contribution in [3.05, 3.63) is 53.1 Å². The van der Waals surface area contributed by atoms with Gasteiger partial charge in [-0.25, -0.2) is 4.79 Å². The number of ether oxygens (including phenoxy) is 6. The predicted octanol–water partition coefficient (Wildman–Crippen LogP) is 2.69. The summed E-state index contributed by atoms with van der Waals surface area (Å²) in [5.74, 6) is 0.332. The number of hydrogen-bond donors (Lipinski definition) is 8. The van der Waals surface area contributed by atoms with E-state index in [1.807, 2.05) is 13.8 Å². The van der Waals surface area contributed by atoms with Crippen molar-refractivity contribution in [2.24, 2.45) is 46.3 Å². The molecule has 61 heavy (non-hydrogen) atoms. The summed E-state index contributed by atoms with van der Waals surface area (Å²) in [6.07, 6.45) is -5.66. The van der Waals surface area contributed by atoms with E-state index in [0.717, 1.165) is 37.7 Å². The van der Waals surface area contributed by atoms with E-state index >= 15 is 0 Å². The highest BCUT2D eigenvalue weighted by molar-refractivity contribution is 5.89. The number of aliphatic hydroxyl groups excluding tert-OH is 7. The Balaban J connectivity index is 0.956. The number of aliphatic hydroxyl groups is 7. The first-order valence-electron chi connectivity index (χ1n) is 22.2. The highest BCUT2D eigenvalue weighted by atomic mass is 16.8. The van der Waals surface area contributed by atoms with E-state index < -0.39 is 80.3 Å². The minimum Gasteiger partial charge on any atom is -0.508 e. The van der Waals surface area contributed by atoms with Gasteiger partial charge in [0.1, 0.15) is 42.4 Å². The lowest BCUT2D eigenvalue weighted by Crippen LogP contribution is -2.64. The fourth-order valence-corrected chi connectivity index (χ4v) is 13.0. The lowest BCUT2D eigenvalue weighted by Gasteiger charge is -2.59. The molecule has 4 aliphatic carbocycles. The summed E-state index contributed by atoms with van der Waals surface area (Å²) in [4.78, 5) is 12.8. The Labute approximate surface area is 357 Å². The van der Waals surface area contributed by atoms with Gasteiger partial charge in [0.05, 0.1) is 30.5 Å². The van der Waals surface area contributed by atoms with Crippen LogP contribution in [0.2, 0.25) is 0 Å². The zero-order chi connectivity index (χ0) is 43.7. The topological polar surface area (TPSA) is 234 Å². The number of aromatic hydroxyl groups is 1. The Morgan fingerprint density at radius 2 is 1.59 bits per heavy atom. The van der Waals surface area contributed by atoms with Crippen LogP contribution in [0.15, 0.2) is 47.6 Å². The van der Waals surface area contributed by atoms with Gasteiger partial charge >= 0.3 is 5.97 Å². The number of hydrogen-bond acceptors (Lipinski definition) is 15. The van der Waals surface area contributed by atoms with Crippen molar-refractivity contribution in [1.29, 1.82) is 0 Å². The van der Waals surface area contributed by atoms with Crippen molar-refractivity contribution in [3.8, 4) is 5.75 Å². The van der Waals surface area contributed by atoms with Crippen LogP contribution in [0.1, 0.15) is 89.9 Å². The molecule has 7 aliphatic rings. The SMILES string of the molecule is CC(C)=C[C@@H]1[C@@H](C)[C@H]2[C@H](C[C@H]3[C@@H]4CC=C5CC(O[C@@H]6O[C@H](CO)[C@@H](O)[C@H](O)[C@H]6O[C@@H]6O[C@@H](C)[C@H](OC(=O)c7ccc(O)cc7)[C@@H](O)[C@H]6O)CC[C@]5(C)[C@H]4CC[C@]23CO)O[C@H]1O. The maximum atomic E-state index is 12.8. The third kappa shape index (κ3) is 7.92. The molecule has 1 aromatic rings. The first kappa shape index (κ1) is 45.1. The molecule has 3 saturated carbocycles. The number of esters is 1. The van der Waals surface area contributed by atoms with Crippen LogP contribution in [0, 0.1) is 46.3 Å². The van der Waals surface area contributed by atoms with Gasteiger partial charge in [-0.1, -0.05) is 37.1 Å². The fraction of sp³-hybridized carbons (Fsp3) is 0.761. The summed E-state index contributed by atoms with van der Waals surface area (Å²) >= 11 is 0. The van der Waals surface area contributed by atoms with Gasteiger partial charge in [-0.05, 0) is 125 Å². The molecule has 6 fully saturated rings. The van der Waals surface area contributed by atoms with Crippen LogP contribution in [-0.2, 0) is 28.4 Å². The molecule has 0 aromatic heterocycles. The smallest absolute Gasteiger partial charge is 0.338 e. The van der Waals surface area contributed by atoms with Crippen LogP contribution in [0.5, 0.6) is 5.75 Å². The highest BCUT2D eigenvalue weighted by Gasteiger charge is 2.66. The fourth-order valence-electron chi connectivity index (χ4n) is 13.0. The van der Waals surface area contributed by atoms with E-state index in [9.17, 15) is 45.6 Å². The summed E-state index contributed by atoms with van der Waals surface area (Å²) in [5, 5.41) is 86.5. The summed E-state index contributed by atoms with van der Waals surface area (Å²) in [7, 11) is 0. The first-order chi connectivity index (χ1) is 29.0. The number of allylic oxidation sites excluding steroid dienone is 2. The summed E-state index contributed by atoms with van der Waals surface area (Å²) in [6.45, 7) is 9.68. The van der Waals surface area contributed by atoms with Crippen LogP contribution in [-0.4, -0.2) is 140 Å². The lowest BCUT2D eigenvalue weighted by atomic mass is 9.46. The molecule has 0 bridgehead atoms. The van der Waals surface area contributed by atoms with E-state index in [2.05, 4.69) is 26.0 Å². The average Bonchev–Trinajstić information content (AvgIpc) is 3.57. The Kier molecular flexibility index (Phi) is 12.9. The van der Waals surface area contributed by atoms with Crippen LogP contribution < -0.4 is 0 Å². The number of carbonyl (C=O) groups excluding carboxylic acids is 1. The van der Waals surface area contributed by atoms with Crippen molar-refractivity contribution < 1.29 is 74.1 Å². The molecule has 21 atom stereocenters. The molecule has 15 heteroatoms. The standard InChI is InChI=1S/C46H66O15/c1-21(2)16-29-22(3)34-32(58-42(29)55)18-31-28-11-8-25-17-27(12-14-45(25,5)30(28)13-15-46(31,34)20-48)57-44-40(36(51)35(50)33(19-47)59-44)61-43-38(53)37(52)39(23(4)56-43)60-41(54)24-6-9-26(49)10-7-24/h6-10,16,22-23,27-40,42-44,47-53,55H,11-15,17-20H2,1-5H3/t22-,23+,27?,28-,29-,30+,31+,32+,33-,34+,35-,36+,37+,38-,39+,40-,42-,43+,44-,45+,46-/m1/s1. The first-order valence-corrected chi connectivity index (χ1v) is 22.2. The quantitative estimate of drug-likeness (QED) is 0.132. The van der Waals surface area contributed by atoms with Crippen molar-refractivity contribution in [2.45, 2.75) is 159 Å². The number of rotatable bonds is 9. The summed E-state index contributed by atoms with van der Waals surface area (Å²) in [6, 6.07) is 5.34. The number of phenolic OH excluding ortho intramolecular Hbond substituents is 1. The minimum atomic E-state index is -1.76. The zero-order valence-corrected chi connectivity index (χ0v) is 35.7. The van der Waals surface area contributed by atoms with Crippen molar-refractivity contribution in [2.75, 3.05) is 13.2 Å². The second-order valence-electron chi connectivity index (χ2n) is 19.6. The molecule has 3 saturated heterocycles.